The van der Waals surface area contributed by atoms with E-state index in [2.05, 4.69) is 0 Å². The number of halogens is 1. The first-order chi connectivity index (χ1) is 10.1. The van der Waals surface area contributed by atoms with Gasteiger partial charge in [-0.3, -0.25) is 9.69 Å². The topological polar surface area (TPSA) is 20.3 Å². The third-order valence-corrected chi connectivity index (χ3v) is 4.53. The molecule has 1 saturated heterocycles. The molecule has 0 aromatic heterocycles. The third kappa shape index (κ3) is 3.02. The molecule has 0 aliphatic carbocycles. The lowest BCUT2D eigenvalue weighted by molar-refractivity contribution is -0.113. The van der Waals surface area contributed by atoms with Crippen molar-refractivity contribution in [2.75, 3.05) is 4.90 Å². The average molecular weight is 332 g/mol. The molecule has 3 rings (SSSR count). The molecular formula is C16H10ClNOS2. The monoisotopic (exact) mass is 331 g/mol. The minimum absolute atomic E-state index is 0.0915. The van der Waals surface area contributed by atoms with Crippen LogP contribution in [0.3, 0.4) is 0 Å². The highest BCUT2D eigenvalue weighted by molar-refractivity contribution is 8.27. The molecule has 1 aliphatic heterocycles. The van der Waals surface area contributed by atoms with Crippen molar-refractivity contribution < 1.29 is 4.79 Å². The lowest BCUT2D eigenvalue weighted by Crippen LogP contribution is -2.27. The van der Waals surface area contributed by atoms with Crippen molar-refractivity contribution in [2.24, 2.45) is 0 Å². The molecule has 0 atom stereocenters. The van der Waals surface area contributed by atoms with Crippen LogP contribution in [0, 0.1) is 0 Å². The minimum Gasteiger partial charge on any atom is -0.268 e. The van der Waals surface area contributed by atoms with E-state index in [9.17, 15) is 4.79 Å². The first-order valence-corrected chi connectivity index (χ1v) is 7.84. The molecular weight excluding hydrogens is 322 g/mol. The summed E-state index contributed by atoms with van der Waals surface area (Å²) in [6.07, 6.45) is 1.83. The van der Waals surface area contributed by atoms with Gasteiger partial charge in [0.1, 0.15) is 0 Å². The molecule has 0 unspecified atom stereocenters. The SMILES string of the molecule is O=C1/C(=C/c2ccc(Cl)cc2)SC(=S)N1c1ccccc1. The Bertz CT molecular complexity index is 726. The summed E-state index contributed by atoms with van der Waals surface area (Å²) in [5.74, 6) is -0.0915. The molecule has 21 heavy (non-hydrogen) atoms. The van der Waals surface area contributed by atoms with E-state index >= 15 is 0 Å². The van der Waals surface area contributed by atoms with Crippen LogP contribution in [-0.4, -0.2) is 10.2 Å². The smallest absolute Gasteiger partial charge is 0.268 e. The largest absolute Gasteiger partial charge is 0.270 e. The molecule has 1 heterocycles. The number of carbonyl (C=O) groups excluding carboxylic acids is 1. The van der Waals surface area contributed by atoms with E-state index in [1.54, 1.807) is 17.0 Å². The number of rotatable bonds is 2. The van der Waals surface area contributed by atoms with Gasteiger partial charge in [-0.1, -0.05) is 65.9 Å². The van der Waals surface area contributed by atoms with E-state index in [0.717, 1.165) is 11.3 Å². The van der Waals surface area contributed by atoms with Crippen LogP contribution in [0.1, 0.15) is 5.56 Å². The summed E-state index contributed by atoms with van der Waals surface area (Å²) in [6, 6.07) is 16.8. The number of thioether (sulfide) groups is 1. The molecule has 1 fully saturated rings. The number of benzene rings is 2. The highest BCUT2D eigenvalue weighted by atomic mass is 35.5. The second kappa shape index (κ2) is 6.02. The van der Waals surface area contributed by atoms with Crippen LogP contribution in [0.15, 0.2) is 59.5 Å². The quantitative estimate of drug-likeness (QED) is 0.585. The number of nitrogens with zero attached hydrogens (tertiary/aromatic N) is 1. The second-order valence-corrected chi connectivity index (χ2v) is 6.52. The maximum Gasteiger partial charge on any atom is 0.270 e. The molecule has 0 saturated carbocycles. The zero-order chi connectivity index (χ0) is 14.8. The summed E-state index contributed by atoms with van der Waals surface area (Å²) in [4.78, 5) is 14.7. The third-order valence-electron chi connectivity index (χ3n) is 2.98. The summed E-state index contributed by atoms with van der Waals surface area (Å²) in [5, 5.41) is 0.670. The Kier molecular flexibility index (Phi) is 4.10. The summed E-state index contributed by atoms with van der Waals surface area (Å²) >= 11 is 12.5. The number of anilines is 1. The van der Waals surface area contributed by atoms with Crippen LogP contribution in [0.2, 0.25) is 5.02 Å². The van der Waals surface area contributed by atoms with Crippen molar-refractivity contribution in [3.63, 3.8) is 0 Å². The Morgan fingerprint density at radius 2 is 1.71 bits per heavy atom. The van der Waals surface area contributed by atoms with E-state index in [1.165, 1.54) is 11.8 Å². The molecule has 1 amide bonds. The Morgan fingerprint density at radius 1 is 1.05 bits per heavy atom. The zero-order valence-corrected chi connectivity index (χ0v) is 13.2. The van der Waals surface area contributed by atoms with Crippen molar-refractivity contribution >= 4 is 57.6 Å². The van der Waals surface area contributed by atoms with Crippen LogP contribution in [0.25, 0.3) is 6.08 Å². The predicted molar refractivity (Wildman–Crippen MR) is 93.5 cm³/mol. The lowest BCUT2D eigenvalue weighted by Gasteiger charge is -2.13. The number of thiocarbonyl (C=S) groups is 1. The van der Waals surface area contributed by atoms with Gasteiger partial charge in [0.15, 0.2) is 4.32 Å². The van der Waals surface area contributed by atoms with Crippen molar-refractivity contribution in [1.82, 2.24) is 0 Å². The summed E-state index contributed by atoms with van der Waals surface area (Å²) < 4.78 is 0.548. The fourth-order valence-electron chi connectivity index (χ4n) is 1.98. The molecule has 2 aromatic rings. The van der Waals surface area contributed by atoms with E-state index in [-0.39, 0.29) is 5.91 Å². The van der Waals surface area contributed by atoms with Crippen LogP contribution in [-0.2, 0) is 4.79 Å². The Balaban J connectivity index is 1.92. The number of hydrogen-bond donors (Lipinski definition) is 0. The lowest BCUT2D eigenvalue weighted by atomic mass is 10.2. The normalized spacial score (nSPS) is 16.8. The van der Waals surface area contributed by atoms with Gasteiger partial charge in [-0.25, -0.2) is 0 Å². The van der Waals surface area contributed by atoms with Crippen LogP contribution in [0.5, 0.6) is 0 Å². The maximum atomic E-state index is 12.5. The molecule has 5 heteroatoms. The van der Waals surface area contributed by atoms with Crippen molar-refractivity contribution in [3.8, 4) is 0 Å². The molecule has 0 radical (unpaired) electrons. The van der Waals surface area contributed by atoms with E-state index < -0.39 is 0 Å². The van der Waals surface area contributed by atoms with Gasteiger partial charge >= 0.3 is 0 Å². The number of amides is 1. The second-order valence-electron chi connectivity index (χ2n) is 4.40. The van der Waals surface area contributed by atoms with Gasteiger partial charge < -0.3 is 0 Å². The van der Waals surface area contributed by atoms with Gasteiger partial charge in [0.25, 0.3) is 5.91 Å². The van der Waals surface area contributed by atoms with Gasteiger partial charge in [0.05, 0.1) is 10.6 Å². The van der Waals surface area contributed by atoms with Crippen LogP contribution >= 0.6 is 35.6 Å². The molecule has 104 valence electrons. The van der Waals surface area contributed by atoms with E-state index in [1.807, 2.05) is 48.5 Å². The van der Waals surface area contributed by atoms with E-state index in [0.29, 0.717) is 14.2 Å². The Labute approximate surface area is 137 Å². The fraction of sp³-hybridized carbons (Fsp3) is 0. The first kappa shape index (κ1) is 14.3. The maximum absolute atomic E-state index is 12.5. The van der Waals surface area contributed by atoms with Gasteiger partial charge in [-0.2, -0.15) is 0 Å². The Hall–Kier alpha value is -1.62. The predicted octanol–water partition coefficient (Wildman–Crippen LogP) is 4.75. The molecule has 2 nitrogen and oxygen atoms in total. The first-order valence-electron chi connectivity index (χ1n) is 6.24. The summed E-state index contributed by atoms with van der Waals surface area (Å²) in [7, 11) is 0. The molecule has 2 aromatic carbocycles. The molecule has 0 N–H and O–H groups in total. The summed E-state index contributed by atoms with van der Waals surface area (Å²) in [5.41, 5.74) is 1.72. The van der Waals surface area contributed by atoms with Gasteiger partial charge in [-0.05, 0) is 35.9 Å². The highest BCUT2D eigenvalue weighted by Gasteiger charge is 2.33. The molecule has 0 bridgehead atoms. The Morgan fingerprint density at radius 3 is 2.38 bits per heavy atom. The number of para-hydroxylation sites is 1. The van der Waals surface area contributed by atoms with Crippen LogP contribution in [0.4, 0.5) is 5.69 Å². The fourth-order valence-corrected chi connectivity index (χ4v) is 3.40. The van der Waals surface area contributed by atoms with E-state index in [4.69, 9.17) is 23.8 Å². The standard InChI is InChI=1S/C16H10ClNOS2/c17-12-8-6-11(7-9-12)10-14-15(19)18(16(20)21-14)13-4-2-1-3-5-13/h1-10H/b14-10-. The minimum atomic E-state index is -0.0915. The zero-order valence-electron chi connectivity index (χ0n) is 10.8. The van der Waals surface area contributed by atoms with Crippen molar-refractivity contribution in [3.05, 3.63) is 70.1 Å². The van der Waals surface area contributed by atoms with Gasteiger partial charge in [0, 0.05) is 5.02 Å². The van der Waals surface area contributed by atoms with Crippen molar-refractivity contribution in [2.45, 2.75) is 0 Å². The van der Waals surface area contributed by atoms with Gasteiger partial charge in [0.2, 0.25) is 0 Å². The van der Waals surface area contributed by atoms with Crippen molar-refractivity contribution in [1.29, 1.82) is 0 Å². The number of carbonyl (C=O) groups is 1. The number of hydrogen-bond acceptors (Lipinski definition) is 3. The van der Waals surface area contributed by atoms with Crippen LogP contribution < -0.4 is 4.90 Å². The molecule has 0 spiro atoms. The average Bonchev–Trinajstić information content (AvgIpc) is 2.77. The van der Waals surface area contributed by atoms with Gasteiger partial charge in [-0.15, -0.1) is 0 Å². The highest BCUT2D eigenvalue weighted by Crippen LogP contribution is 2.35. The summed E-state index contributed by atoms with van der Waals surface area (Å²) in [6.45, 7) is 0. The molecule has 1 aliphatic rings.